The van der Waals surface area contributed by atoms with Crippen LogP contribution in [0.15, 0.2) is 54.7 Å². The number of halogens is 1. The number of fused-ring (bicyclic) bond motifs is 1. The normalized spacial score (nSPS) is 10.5. The molecule has 0 radical (unpaired) electrons. The summed E-state index contributed by atoms with van der Waals surface area (Å²) in [5, 5.41) is 4.83. The molecule has 122 valence electrons. The molecule has 23 heavy (non-hydrogen) atoms. The topological polar surface area (TPSA) is 37.0 Å². The molecule has 0 aliphatic carbocycles. The van der Waals surface area contributed by atoms with Crippen molar-refractivity contribution >= 4 is 10.9 Å². The number of H-pyrrole nitrogens is 1. The first-order valence-corrected chi connectivity index (χ1v) is 7.84. The Kier molecular flexibility index (Phi) is 6.51. The van der Waals surface area contributed by atoms with Crippen LogP contribution >= 0.6 is 0 Å². The fraction of sp³-hybridized carbons (Fsp3) is 0.263. The third-order valence-corrected chi connectivity index (χ3v) is 3.81. The highest BCUT2D eigenvalue weighted by Crippen LogP contribution is 2.17. The molecule has 1 aromatic heterocycles. The van der Waals surface area contributed by atoms with Crippen molar-refractivity contribution in [3.63, 3.8) is 0 Å². The van der Waals surface area contributed by atoms with Crippen molar-refractivity contribution in [3.8, 4) is 5.75 Å². The van der Waals surface area contributed by atoms with Crippen molar-refractivity contribution in [1.29, 1.82) is 0 Å². The number of aromatic nitrogens is 1. The van der Waals surface area contributed by atoms with Crippen LogP contribution in [0.3, 0.4) is 0 Å². The third kappa shape index (κ3) is 4.50. The Morgan fingerprint density at radius 2 is 1.83 bits per heavy atom. The minimum atomic E-state index is 0. The first-order chi connectivity index (χ1) is 10.9. The second-order valence-corrected chi connectivity index (χ2v) is 5.36. The van der Waals surface area contributed by atoms with E-state index in [2.05, 4.69) is 52.9 Å². The highest BCUT2D eigenvalue weighted by atomic mass is 35.5. The highest BCUT2D eigenvalue weighted by Gasteiger charge is 2.02. The molecule has 3 aromatic rings. The Labute approximate surface area is 143 Å². The molecule has 2 N–H and O–H groups in total. The lowest BCUT2D eigenvalue weighted by Crippen LogP contribution is -3.00. The Morgan fingerprint density at radius 3 is 2.61 bits per heavy atom. The number of benzene rings is 2. The van der Waals surface area contributed by atoms with Crippen molar-refractivity contribution in [2.24, 2.45) is 0 Å². The molecule has 0 aliphatic rings. The fourth-order valence-corrected chi connectivity index (χ4v) is 2.66. The van der Waals surface area contributed by atoms with Gasteiger partial charge in [0.15, 0.2) is 0 Å². The number of rotatable bonds is 7. The van der Waals surface area contributed by atoms with Crippen molar-refractivity contribution in [3.05, 3.63) is 65.9 Å². The summed E-state index contributed by atoms with van der Waals surface area (Å²) in [5.41, 5.74) is 3.86. The van der Waals surface area contributed by atoms with Gasteiger partial charge in [-0.3, -0.25) is 0 Å². The average Bonchev–Trinajstić information content (AvgIpc) is 2.97. The Bertz CT molecular complexity index is 722. The second kappa shape index (κ2) is 8.61. The molecule has 0 atom stereocenters. The maximum atomic E-state index is 5.45. The molecule has 0 saturated heterocycles. The van der Waals surface area contributed by atoms with Crippen LogP contribution in [0.4, 0.5) is 0 Å². The molecule has 0 unspecified atom stereocenters. The summed E-state index contributed by atoms with van der Waals surface area (Å²) in [7, 11) is 0. The molecule has 0 spiro atoms. The predicted octanol–water partition coefficient (Wildman–Crippen LogP) is 0.903. The Morgan fingerprint density at radius 1 is 1.04 bits per heavy atom. The lowest BCUT2D eigenvalue weighted by molar-refractivity contribution is -0.00000507. The van der Waals surface area contributed by atoms with Gasteiger partial charge in [-0.2, -0.15) is 0 Å². The van der Waals surface area contributed by atoms with Crippen molar-refractivity contribution in [1.82, 2.24) is 10.3 Å². The monoisotopic (exact) mass is 329 g/mol. The zero-order valence-electron chi connectivity index (χ0n) is 13.3. The molecule has 0 amide bonds. The van der Waals surface area contributed by atoms with Crippen LogP contribution < -0.4 is 22.5 Å². The highest BCUT2D eigenvalue weighted by molar-refractivity contribution is 5.83. The van der Waals surface area contributed by atoms with Crippen LogP contribution in [0, 0.1) is 0 Å². The van der Waals surface area contributed by atoms with E-state index in [0.717, 1.165) is 25.3 Å². The van der Waals surface area contributed by atoms with Crippen LogP contribution in [0.25, 0.3) is 10.9 Å². The van der Waals surface area contributed by atoms with E-state index in [4.69, 9.17) is 4.74 Å². The van der Waals surface area contributed by atoms with Crippen molar-refractivity contribution in [2.45, 2.75) is 19.9 Å². The number of ether oxygens (including phenoxy) is 1. The van der Waals surface area contributed by atoms with Gasteiger partial charge in [0.1, 0.15) is 5.75 Å². The first kappa shape index (κ1) is 17.4. The molecule has 3 rings (SSSR count). The first-order valence-electron chi connectivity index (χ1n) is 7.84. The number of nitrogens with one attached hydrogen (secondary N) is 2. The Hall–Kier alpha value is -1.97. The minimum Gasteiger partial charge on any atom is -1.00 e. The van der Waals surface area contributed by atoms with E-state index in [0.29, 0.717) is 6.61 Å². The van der Waals surface area contributed by atoms with Crippen LogP contribution in [0.5, 0.6) is 5.75 Å². The molecule has 0 fully saturated rings. The smallest absolute Gasteiger partial charge is 0.119 e. The van der Waals surface area contributed by atoms with E-state index in [1.54, 1.807) is 0 Å². The van der Waals surface area contributed by atoms with Gasteiger partial charge in [0, 0.05) is 23.6 Å². The zero-order chi connectivity index (χ0) is 15.2. The van der Waals surface area contributed by atoms with Crippen LogP contribution in [-0.4, -0.2) is 18.1 Å². The Balaban J connectivity index is 0.00000192. The lowest BCUT2D eigenvalue weighted by atomic mass is 10.1. The summed E-state index contributed by atoms with van der Waals surface area (Å²) in [6.07, 6.45) is 3.14. The predicted molar refractivity (Wildman–Crippen MR) is 91.3 cm³/mol. The number of para-hydroxylation sites is 1. The summed E-state index contributed by atoms with van der Waals surface area (Å²) in [4.78, 5) is 3.32. The van der Waals surface area contributed by atoms with Crippen molar-refractivity contribution < 1.29 is 17.1 Å². The number of aromatic amines is 1. The van der Waals surface area contributed by atoms with E-state index in [1.807, 2.05) is 19.1 Å². The summed E-state index contributed by atoms with van der Waals surface area (Å²) in [6.45, 7) is 4.56. The van der Waals surface area contributed by atoms with E-state index in [1.165, 1.54) is 22.0 Å². The number of hydrogen-bond acceptors (Lipinski definition) is 2. The van der Waals surface area contributed by atoms with E-state index in [-0.39, 0.29) is 12.4 Å². The zero-order valence-corrected chi connectivity index (χ0v) is 14.1. The lowest BCUT2D eigenvalue weighted by Gasteiger charge is -2.06. The maximum Gasteiger partial charge on any atom is 0.119 e. The van der Waals surface area contributed by atoms with Crippen LogP contribution in [-0.2, 0) is 13.0 Å². The van der Waals surface area contributed by atoms with Gasteiger partial charge in [-0.05, 0) is 49.2 Å². The van der Waals surface area contributed by atoms with Crippen LogP contribution in [0.2, 0.25) is 0 Å². The molecule has 1 heterocycles. The van der Waals surface area contributed by atoms with Gasteiger partial charge in [-0.15, -0.1) is 0 Å². The van der Waals surface area contributed by atoms with Gasteiger partial charge in [-0.25, -0.2) is 0 Å². The molecule has 0 aliphatic heterocycles. The van der Waals surface area contributed by atoms with Crippen LogP contribution in [0.1, 0.15) is 18.1 Å². The standard InChI is InChI=1S/C19H22N2O.ClH/c1-2-22-17-9-7-15(8-10-17)13-20-12-11-16-14-21-19-6-4-3-5-18(16)19;/h3-10,14,20-21H,2,11-13H2,1H3;1H/p-1. The number of hydrogen-bond donors (Lipinski definition) is 2. The van der Waals surface area contributed by atoms with E-state index >= 15 is 0 Å². The van der Waals surface area contributed by atoms with E-state index in [9.17, 15) is 0 Å². The average molecular weight is 330 g/mol. The summed E-state index contributed by atoms with van der Waals surface area (Å²) in [5.74, 6) is 0.935. The van der Waals surface area contributed by atoms with Gasteiger partial charge in [-0.1, -0.05) is 30.3 Å². The molecular formula is C19H22ClN2O-. The quantitative estimate of drug-likeness (QED) is 0.632. The molecular weight excluding hydrogens is 308 g/mol. The van der Waals surface area contributed by atoms with Gasteiger partial charge in [0.25, 0.3) is 0 Å². The SMILES string of the molecule is CCOc1ccc(CNCCc2c[nH]c3ccccc23)cc1.[Cl-]. The summed E-state index contributed by atoms with van der Waals surface area (Å²) < 4.78 is 5.45. The van der Waals surface area contributed by atoms with Gasteiger partial charge in [0.05, 0.1) is 6.61 Å². The second-order valence-electron chi connectivity index (χ2n) is 5.36. The summed E-state index contributed by atoms with van der Waals surface area (Å²) >= 11 is 0. The van der Waals surface area contributed by atoms with Gasteiger partial charge in [0.2, 0.25) is 0 Å². The van der Waals surface area contributed by atoms with Crippen molar-refractivity contribution in [2.75, 3.05) is 13.2 Å². The molecule has 4 heteroatoms. The molecule has 3 nitrogen and oxygen atoms in total. The largest absolute Gasteiger partial charge is 1.00 e. The van der Waals surface area contributed by atoms with E-state index < -0.39 is 0 Å². The molecule has 2 aromatic carbocycles. The molecule has 0 saturated carbocycles. The third-order valence-electron chi connectivity index (χ3n) is 3.81. The minimum absolute atomic E-state index is 0. The molecule has 0 bridgehead atoms. The fourth-order valence-electron chi connectivity index (χ4n) is 2.66. The summed E-state index contributed by atoms with van der Waals surface area (Å²) in [6, 6.07) is 16.7. The van der Waals surface area contributed by atoms with Gasteiger partial charge >= 0.3 is 0 Å². The maximum absolute atomic E-state index is 5.45. The van der Waals surface area contributed by atoms with Gasteiger partial charge < -0.3 is 27.4 Å².